The fourth-order valence-corrected chi connectivity index (χ4v) is 10.1. The van der Waals surface area contributed by atoms with Gasteiger partial charge < -0.3 is 14.0 Å². The van der Waals surface area contributed by atoms with Crippen molar-refractivity contribution in [3.05, 3.63) is 155 Å². The van der Waals surface area contributed by atoms with E-state index in [1.54, 1.807) is 0 Å². The summed E-state index contributed by atoms with van der Waals surface area (Å²) in [5.74, 6) is 1.48. The summed E-state index contributed by atoms with van der Waals surface area (Å²) < 4.78 is 8.81. The molecule has 8 heteroatoms. The summed E-state index contributed by atoms with van der Waals surface area (Å²) in [7, 11) is -1.50. The van der Waals surface area contributed by atoms with E-state index in [1.165, 1.54) is 44.3 Å². The van der Waals surface area contributed by atoms with Gasteiger partial charge in [0.15, 0.2) is 0 Å². The molecule has 0 bridgehead atoms. The molecule has 0 spiro atoms. The van der Waals surface area contributed by atoms with Crippen molar-refractivity contribution < 1.29 is 24.5 Å². The van der Waals surface area contributed by atoms with Crippen molar-refractivity contribution in [2.24, 2.45) is 0 Å². The number of hydrogen-bond donors (Lipinski definition) is 0. The summed E-state index contributed by atoms with van der Waals surface area (Å²) in [5.41, 5.74) is 18.2. The standard InChI is InChI=1S/C32H31N4O.C22H24NSi.Ir/c1-17(2)22-10-8-11-23(18(3)4)29(22)36-28-16-33-19(5)15-27(28)35-32(36)25-13-9-12-24-26-14-20(6)34-21(7)30(26)37-31(24)25;1-16-10-9-11-17(2)22(16)19-14-20(18-12-7-6-8-13-18)23-15-21(19)24(3,4)5;/h8-12,14-18H,1-7H3;6-12,14-15H,1-5H3;/q2*-1;. The molecule has 0 fully saturated rings. The summed E-state index contributed by atoms with van der Waals surface area (Å²) in [6.07, 6.45) is 4.04. The zero-order chi connectivity index (χ0) is 43.3. The first-order valence-electron chi connectivity index (χ1n) is 21.4. The predicted octanol–water partition coefficient (Wildman–Crippen LogP) is 13.7. The summed E-state index contributed by atoms with van der Waals surface area (Å²) in [4.78, 5) is 19.3. The van der Waals surface area contributed by atoms with Crippen molar-refractivity contribution in [2.45, 2.75) is 93.8 Å². The van der Waals surface area contributed by atoms with Crippen LogP contribution in [-0.4, -0.2) is 32.6 Å². The Labute approximate surface area is 381 Å². The van der Waals surface area contributed by atoms with E-state index in [9.17, 15) is 0 Å². The molecular weight excluding hydrogens is 955 g/mol. The van der Waals surface area contributed by atoms with Crippen LogP contribution in [0.4, 0.5) is 0 Å². The average molecular weight is 1010 g/mol. The van der Waals surface area contributed by atoms with E-state index in [4.69, 9.17) is 14.4 Å². The minimum absolute atomic E-state index is 0. The molecule has 0 aliphatic carbocycles. The number of hydrogen-bond acceptors (Lipinski definition) is 5. The molecule has 0 saturated heterocycles. The fourth-order valence-electron chi connectivity index (χ4n) is 8.66. The molecule has 9 aromatic rings. The molecular formula is C54H55IrN5OSi-2. The molecule has 0 aliphatic heterocycles. The molecule has 0 atom stereocenters. The van der Waals surface area contributed by atoms with Crippen molar-refractivity contribution in [2.75, 3.05) is 0 Å². The molecule has 9 rings (SSSR count). The van der Waals surface area contributed by atoms with Crippen LogP contribution in [0.25, 0.3) is 72.4 Å². The van der Waals surface area contributed by atoms with Crippen molar-refractivity contribution in [3.63, 3.8) is 0 Å². The largest absolute Gasteiger partial charge is 0.499 e. The number of pyridine rings is 3. The SMILES string of the molecule is Cc1cc2nc(-c3[c-]ccc4c3oc3c(C)nc(C)cc34)n(-c3c(C(C)C)cccc3C(C)C)c2cn1.Cc1cccc(C)c1-c1cc(-c2[c-]cccc2)ncc1[Si](C)(C)C.[Ir]. The quantitative estimate of drug-likeness (QED) is 0.118. The smallest absolute Gasteiger partial charge is 0.142 e. The summed E-state index contributed by atoms with van der Waals surface area (Å²) in [5, 5.41) is 3.53. The number of rotatable bonds is 7. The molecule has 0 saturated carbocycles. The molecule has 62 heavy (non-hydrogen) atoms. The van der Waals surface area contributed by atoms with Crippen LogP contribution in [0, 0.1) is 46.8 Å². The Morgan fingerprint density at radius 3 is 2.00 bits per heavy atom. The molecule has 4 aromatic carbocycles. The molecule has 1 radical (unpaired) electrons. The summed E-state index contributed by atoms with van der Waals surface area (Å²) >= 11 is 0. The monoisotopic (exact) mass is 1010 g/mol. The molecule has 0 aliphatic rings. The number of fused-ring (bicyclic) bond motifs is 4. The van der Waals surface area contributed by atoms with Gasteiger partial charge in [-0.25, -0.2) is 0 Å². The Hall–Kier alpha value is -5.53. The van der Waals surface area contributed by atoms with Crippen LogP contribution in [0.3, 0.4) is 0 Å². The minimum atomic E-state index is -1.50. The second kappa shape index (κ2) is 17.7. The third-order valence-corrected chi connectivity index (χ3v) is 13.6. The van der Waals surface area contributed by atoms with Gasteiger partial charge in [-0.3, -0.25) is 15.0 Å². The van der Waals surface area contributed by atoms with Crippen molar-refractivity contribution in [1.82, 2.24) is 24.5 Å². The van der Waals surface area contributed by atoms with Crippen molar-refractivity contribution in [1.29, 1.82) is 0 Å². The number of nitrogens with zero attached hydrogens (tertiary/aromatic N) is 5. The van der Waals surface area contributed by atoms with Crippen LogP contribution < -0.4 is 5.19 Å². The normalized spacial score (nSPS) is 11.7. The predicted molar refractivity (Wildman–Crippen MR) is 257 cm³/mol. The van der Waals surface area contributed by atoms with Gasteiger partial charge in [-0.2, -0.15) is 0 Å². The number of furan rings is 1. The van der Waals surface area contributed by atoms with Crippen LogP contribution in [-0.2, 0) is 20.1 Å². The van der Waals surface area contributed by atoms with Gasteiger partial charge in [0.2, 0.25) is 0 Å². The first-order valence-corrected chi connectivity index (χ1v) is 24.9. The first kappa shape index (κ1) is 44.5. The number of aryl methyl sites for hydroxylation is 5. The molecule has 317 valence electrons. The maximum atomic E-state index is 6.53. The Kier molecular flexibility index (Phi) is 12.7. The van der Waals surface area contributed by atoms with E-state index >= 15 is 0 Å². The van der Waals surface area contributed by atoms with Gasteiger partial charge in [0, 0.05) is 48.8 Å². The first-order chi connectivity index (χ1) is 29.1. The van der Waals surface area contributed by atoms with E-state index in [0.717, 1.165) is 72.7 Å². The number of imidazole rings is 1. The van der Waals surface area contributed by atoms with E-state index in [1.807, 2.05) is 51.2 Å². The van der Waals surface area contributed by atoms with Gasteiger partial charge in [0.1, 0.15) is 5.58 Å². The Bertz CT molecular complexity index is 3040. The average Bonchev–Trinajstić information content (AvgIpc) is 3.79. The third-order valence-electron chi connectivity index (χ3n) is 11.6. The molecule has 5 heterocycles. The van der Waals surface area contributed by atoms with Gasteiger partial charge in [0.25, 0.3) is 0 Å². The number of benzene rings is 4. The Morgan fingerprint density at radius 1 is 0.661 bits per heavy atom. The second-order valence-corrected chi connectivity index (χ2v) is 23.0. The molecule has 6 nitrogen and oxygen atoms in total. The summed E-state index contributed by atoms with van der Waals surface area (Å²) in [6, 6.07) is 38.5. The van der Waals surface area contributed by atoms with E-state index in [2.05, 4.69) is 161 Å². The second-order valence-electron chi connectivity index (χ2n) is 18.0. The molecule has 0 amide bonds. The molecule has 0 N–H and O–H groups in total. The molecule has 5 aromatic heterocycles. The van der Waals surface area contributed by atoms with Crippen molar-refractivity contribution in [3.8, 4) is 39.5 Å². The third kappa shape index (κ3) is 8.36. The van der Waals surface area contributed by atoms with E-state index < -0.39 is 8.07 Å². The van der Waals surface area contributed by atoms with E-state index in [0.29, 0.717) is 11.8 Å². The van der Waals surface area contributed by atoms with Crippen LogP contribution in [0.2, 0.25) is 19.6 Å². The topological polar surface area (TPSA) is 69.6 Å². The maximum absolute atomic E-state index is 6.53. The Balaban J connectivity index is 0.000000201. The van der Waals surface area contributed by atoms with Gasteiger partial charge in [-0.15, -0.1) is 54.1 Å². The molecule has 0 unspecified atom stereocenters. The number of aromatic nitrogens is 5. The van der Waals surface area contributed by atoms with E-state index in [-0.39, 0.29) is 20.1 Å². The zero-order valence-electron chi connectivity index (χ0n) is 37.9. The Morgan fingerprint density at radius 2 is 1.35 bits per heavy atom. The number of para-hydroxylation sites is 1. The summed E-state index contributed by atoms with van der Waals surface area (Å²) in [6.45, 7) is 26.6. The van der Waals surface area contributed by atoms with Crippen LogP contribution in [0.5, 0.6) is 0 Å². The van der Waals surface area contributed by atoms with Gasteiger partial charge >= 0.3 is 0 Å². The zero-order valence-corrected chi connectivity index (χ0v) is 41.3. The van der Waals surface area contributed by atoms with Crippen LogP contribution >= 0.6 is 0 Å². The fraction of sp³-hybridized carbons (Fsp3) is 0.259. The minimum Gasteiger partial charge on any atom is -0.499 e. The van der Waals surface area contributed by atoms with Gasteiger partial charge in [-0.05, 0) is 103 Å². The van der Waals surface area contributed by atoms with Gasteiger partial charge in [-0.1, -0.05) is 101 Å². The maximum Gasteiger partial charge on any atom is 0.142 e. The van der Waals surface area contributed by atoms with Crippen molar-refractivity contribution >= 4 is 46.2 Å². The van der Waals surface area contributed by atoms with Crippen LogP contribution in [0.15, 0.2) is 108 Å². The van der Waals surface area contributed by atoms with Gasteiger partial charge in [0.05, 0.1) is 42.4 Å². The van der Waals surface area contributed by atoms with Crippen LogP contribution in [0.1, 0.15) is 78.9 Å².